The molecule has 0 bridgehead atoms. The van der Waals surface area contributed by atoms with Crippen LogP contribution >= 0.6 is 0 Å². The Hall–Kier alpha value is -3.66. The van der Waals surface area contributed by atoms with Gasteiger partial charge in [-0.25, -0.2) is 9.97 Å². The van der Waals surface area contributed by atoms with Crippen LogP contribution in [0.2, 0.25) is 0 Å². The molecule has 4 heteroatoms. The predicted octanol–water partition coefficient (Wildman–Crippen LogP) is 7.64. The first-order valence-corrected chi connectivity index (χ1v) is 11.7. The Kier molecular flexibility index (Phi) is 5.59. The zero-order valence-corrected chi connectivity index (χ0v) is 19.7. The number of hydrogen-bond acceptors (Lipinski definition) is 4. The molecule has 0 N–H and O–H groups in total. The van der Waals surface area contributed by atoms with Crippen molar-refractivity contribution in [2.45, 2.75) is 39.5 Å². The average molecular weight is 435 g/mol. The molecule has 1 aromatic heterocycles. The topological polar surface area (TPSA) is 32.3 Å². The van der Waals surface area contributed by atoms with E-state index in [1.165, 1.54) is 22.3 Å². The quantitative estimate of drug-likeness (QED) is 0.323. The summed E-state index contributed by atoms with van der Waals surface area (Å²) in [5.41, 5.74) is 7.46. The summed E-state index contributed by atoms with van der Waals surface area (Å²) in [7, 11) is 0. The first kappa shape index (κ1) is 21.2. The third-order valence-electron chi connectivity index (χ3n) is 6.38. The second kappa shape index (κ2) is 8.70. The normalized spacial score (nSPS) is 13.2. The molecule has 0 radical (unpaired) electrons. The van der Waals surface area contributed by atoms with Crippen molar-refractivity contribution >= 4 is 23.0 Å². The highest BCUT2D eigenvalue weighted by Crippen LogP contribution is 2.43. The Labute approximate surface area is 196 Å². The van der Waals surface area contributed by atoms with E-state index in [0.717, 1.165) is 23.0 Å². The van der Waals surface area contributed by atoms with Gasteiger partial charge in [0, 0.05) is 23.8 Å². The lowest BCUT2D eigenvalue weighted by molar-refractivity contribution is 0.865. The summed E-state index contributed by atoms with van der Waals surface area (Å²) in [6, 6.07) is 26.2. The zero-order valence-electron chi connectivity index (χ0n) is 19.7. The predicted molar refractivity (Wildman–Crippen MR) is 138 cm³/mol. The van der Waals surface area contributed by atoms with E-state index in [1.54, 1.807) is 12.4 Å². The van der Waals surface area contributed by atoms with Gasteiger partial charge < -0.3 is 9.80 Å². The van der Waals surface area contributed by atoms with E-state index in [9.17, 15) is 0 Å². The highest BCUT2D eigenvalue weighted by Gasteiger charge is 2.31. The van der Waals surface area contributed by atoms with Crippen LogP contribution in [-0.2, 0) is 0 Å². The Morgan fingerprint density at radius 3 is 1.88 bits per heavy atom. The van der Waals surface area contributed by atoms with E-state index in [4.69, 9.17) is 9.97 Å². The minimum absolute atomic E-state index is 0.441. The van der Waals surface area contributed by atoms with E-state index in [-0.39, 0.29) is 0 Å². The van der Waals surface area contributed by atoms with Gasteiger partial charge >= 0.3 is 0 Å². The van der Waals surface area contributed by atoms with E-state index >= 15 is 0 Å². The highest BCUT2D eigenvalue weighted by atomic mass is 15.4. The minimum Gasteiger partial charge on any atom is -0.305 e. The summed E-state index contributed by atoms with van der Waals surface area (Å²) in [4.78, 5) is 13.9. The molecule has 0 saturated heterocycles. The van der Waals surface area contributed by atoms with Crippen LogP contribution in [0.4, 0.5) is 23.0 Å². The van der Waals surface area contributed by atoms with Gasteiger partial charge in [-0.2, -0.15) is 0 Å². The fraction of sp³-hybridized carbons (Fsp3) is 0.241. The molecular weight excluding hydrogens is 404 g/mol. The maximum atomic E-state index is 4.72. The highest BCUT2D eigenvalue weighted by molar-refractivity contribution is 5.83. The van der Waals surface area contributed by atoms with Gasteiger partial charge in [0.2, 0.25) is 0 Å². The molecule has 0 fully saturated rings. The van der Waals surface area contributed by atoms with Crippen molar-refractivity contribution in [2.24, 2.45) is 0 Å². The SMILES string of the molecule is CC(C)c1ccc(N2CN(c3ccc(C(C)C)c(-c4ccccc4)c3)c3nccnc32)cc1. The maximum Gasteiger partial charge on any atom is 0.178 e. The molecule has 33 heavy (non-hydrogen) atoms. The standard InChI is InChI=1S/C29H30N4/c1-20(2)22-10-12-24(13-11-22)32-19-33(29-28(32)30-16-17-31-29)25-14-15-26(21(3)4)27(18-25)23-8-6-5-7-9-23/h5-18,20-21H,19H2,1-4H3. The number of anilines is 4. The average Bonchev–Trinajstić information content (AvgIpc) is 3.24. The first-order chi connectivity index (χ1) is 16.0. The van der Waals surface area contributed by atoms with Crippen molar-refractivity contribution in [1.29, 1.82) is 0 Å². The van der Waals surface area contributed by atoms with Crippen LogP contribution in [0, 0.1) is 0 Å². The molecule has 4 nitrogen and oxygen atoms in total. The smallest absolute Gasteiger partial charge is 0.178 e. The summed E-state index contributed by atoms with van der Waals surface area (Å²) in [5.74, 6) is 2.73. The lowest BCUT2D eigenvalue weighted by Crippen LogP contribution is -2.24. The molecule has 1 aliphatic rings. The van der Waals surface area contributed by atoms with Crippen LogP contribution in [0.3, 0.4) is 0 Å². The molecule has 166 valence electrons. The Bertz CT molecular complexity index is 1250. The molecule has 1 aliphatic heterocycles. The number of benzene rings is 3. The lowest BCUT2D eigenvalue weighted by atomic mass is 9.92. The van der Waals surface area contributed by atoms with Crippen molar-refractivity contribution in [1.82, 2.24) is 9.97 Å². The van der Waals surface area contributed by atoms with Crippen molar-refractivity contribution in [3.63, 3.8) is 0 Å². The van der Waals surface area contributed by atoms with Gasteiger partial charge in [0.15, 0.2) is 11.6 Å². The number of aromatic nitrogens is 2. The van der Waals surface area contributed by atoms with E-state index in [2.05, 4.69) is 110 Å². The molecule has 0 amide bonds. The number of hydrogen-bond donors (Lipinski definition) is 0. The van der Waals surface area contributed by atoms with Crippen molar-refractivity contribution in [3.8, 4) is 11.1 Å². The van der Waals surface area contributed by atoms with Gasteiger partial charge in [-0.05, 0) is 58.4 Å². The molecule has 0 atom stereocenters. The van der Waals surface area contributed by atoms with E-state index in [0.29, 0.717) is 18.5 Å². The molecule has 5 rings (SSSR count). The van der Waals surface area contributed by atoms with Gasteiger partial charge in [-0.15, -0.1) is 0 Å². The summed E-state index contributed by atoms with van der Waals surface area (Å²) in [5, 5.41) is 0. The Morgan fingerprint density at radius 1 is 0.667 bits per heavy atom. The van der Waals surface area contributed by atoms with E-state index in [1.807, 2.05) is 0 Å². The van der Waals surface area contributed by atoms with Crippen LogP contribution in [-0.4, -0.2) is 16.6 Å². The summed E-state index contributed by atoms with van der Waals surface area (Å²) in [6.07, 6.45) is 3.55. The van der Waals surface area contributed by atoms with E-state index < -0.39 is 0 Å². The number of rotatable bonds is 5. The van der Waals surface area contributed by atoms with Crippen LogP contribution in [0.1, 0.15) is 50.7 Å². The van der Waals surface area contributed by atoms with Crippen molar-refractivity contribution in [3.05, 3.63) is 96.3 Å². The molecule has 0 unspecified atom stereocenters. The molecule has 3 aromatic carbocycles. The second-order valence-electron chi connectivity index (χ2n) is 9.24. The first-order valence-electron chi connectivity index (χ1n) is 11.7. The molecule has 4 aromatic rings. The third kappa shape index (κ3) is 3.97. The lowest BCUT2D eigenvalue weighted by Gasteiger charge is -2.23. The minimum atomic E-state index is 0.441. The van der Waals surface area contributed by atoms with Gasteiger partial charge in [0.05, 0.1) is 0 Å². The number of nitrogens with zero attached hydrogens (tertiary/aromatic N) is 4. The fourth-order valence-corrected chi connectivity index (χ4v) is 4.51. The largest absolute Gasteiger partial charge is 0.305 e. The second-order valence-corrected chi connectivity index (χ2v) is 9.24. The van der Waals surface area contributed by atoms with Gasteiger partial charge in [-0.3, -0.25) is 0 Å². The van der Waals surface area contributed by atoms with Crippen LogP contribution in [0.5, 0.6) is 0 Å². The maximum absolute atomic E-state index is 4.72. The molecule has 0 spiro atoms. The molecule has 0 saturated carbocycles. The monoisotopic (exact) mass is 434 g/mol. The number of fused-ring (bicyclic) bond motifs is 1. The molecule has 0 aliphatic carbocycles. The van der Waals surface area contributed by atoms with Crippen LogP contribution in [0.25, 0.3) is 11.1 Å². The van der Waals surface area contributed by atoms with Crippen LogP contribution < -0.4 is 9.80 Å². The summed E-state index contributed by atoms with van der Waals surface area (Å²) < 4.78 is 0. The van der Waals surface area contributed by atoms with Crippen molar-refractivity contribution < 1.29 is 0 Å². The zero-order chi connectivity index (χ0) is 22.9. The molecular formula is C29H30N4. The third-order valence-corrected chi connectivity index (χ3v) is 6.38. The fourth-order valence-electron chi connectivity index (χ4n) is 4.51. The summed E-state index contributed by atoms with van der Waals surface area (Å²) >= 11 is 0. The Balaban J connectivity index is 1.56. The Morgan fingerprint density at radius 2 is 1.27 bits per heavy atom. The van der Waals surface area contributed by atoms with Crippen LogP contribution in [0.15, 0.2) is 85.2 Å². The van der Waals surface area contributed by atoms with Gasteiger partial charge in [0.1, 0.15) is 6.67 Å². The molecule has 2 heterocycles. The summed E-state index contributed by atoms with van der Waals surface area (Å²) in [6.45, 7) is 9.62. The van der Waals surface area contributed by atoms with Gasteiger partial charge in [0.25, 0.3) is 0 Å². The van der Waals surface area contributed by atoms with Gasteiger partial charge in [-0.1, -0.05) is 76.2 Å². The van der Waals surface area contributed by atoms with Crippen molar-refractivity contribution in [2.75, 3.05) is 16.5 Å².